The third-order valence-corrected chi connectivity index (χ3v) is 3.74. The fraction of sp³-hybridized carbons (Fsp3) is 0.375. The summed E-state index contributed by atoms with van der Waals surface area (Å²) in [6.07, 6.45) is 2.39. The fourth-order valence-corrected chi connectivity index (χ4v) is 2.44. The number of hydrogen-bond acceptors (Lipinski definition) is 5. The maximum Gasteiger partial charge on any atom is 0.224 e. The number of ether oxygens (including phenoxy) is 1. The topological polar surface area (TPSA) is 59.1 Å². The molecule has 1 fully saturated rings. The predicted octanol–water partition coefficient (Wildman–Crippen LogP) is 4.19. The number of benzene rings is 1. The average Bonchev–Trinajstić information content (AvgIpc) is 3.32. The van der Waals surface area contributed by atoms with Gasteiger partial charge in [0.25, 0.3) is 0 Å². The molecule has 0 atom stereocenters. The maximum absolute atomic E-state index is 6.07. The summed E-state index contributed by atoms with van der Waals surface area (Å²) in [5.41, 5.74) is 1.87. The van der Waals surface area contributed by atoms with Gasteiger partial charge < -0.3 is 15.4 Å². The second kappa shape index (κ2) is 6.40. The minimum atomic E-state index is 0.558. The molecule has 6 heteroatoms. The fourth-order valence-electron chi connectivity index (χ4n) is 2.27. The highest BCUT2D eigenvalue weighted by molar-refractivity contribution is 6.31. The Labute approximate surface area is 135 Å². The molecule has 1 aromatic carbocycles. The Kier molecular flexibility index (Phi) is 4.34. The lowest BCUT2D eigenvalue weighted by molar-refractivity contribution is 0.417. The minimum absolute atomic E-state index is 0.558. The van der Waals surface area contributed by atoms with Crippen LogP contribution in [0.5, 0.6) is 5.75 Å². The van der Waals surface area contributed by atoms with Crippen LogP contribution in [0.25, 0.3) is 0 Å². The number of hydrogen-bond donors (Lipinski definition) is 2. The Hall–Kier alpha value is -2.01. The molecule has 2 aromatic rings. The highest BCUT2D eigenvalue weighted by Gasteiger charge is 2.26. The molecule has 0 spiro atoms. The lowest BCUT2D eigenvalue weighted by atomic mass is 10.2. The molecule has 1 heterocycles. The Morgan fingerprint density at radius 1 is 1.27 bits per heavy atom. The molecule has 3 rings (SSSR count). The van der Waals surface area contributed by atoms with Crippen LogP contribution in [0.3, 0.4) is 0 Å². The number of halogens is 1. The average molecular weight is 319 g/mol. The predicted molar refractivity (Wildman–Crippen MR) is 89.5 cm³/mol. The van der Waals surface area contributed by atoms with Crippen LogP contribution in [0, 0.1) is 0 Å². The van der Waals surface area contributed by atoms with Crippen LogP contribution in [0.4, 0.5) is 17.5 Å². The molecule has 0 amide bonds. The maximum atomic E-state index is 6.07. The van der Waals surface area contributed by atoms with Crippen LogP contribution in [0.2, 0.25) is 5.02 Å². The highest BCUT2D eigenvalue weighted by Crippen LogP contribution is 2.40. The monoisotopic (exact) mass is 318 g/mol. The van der Waals surface area contributed by atoms with E-state index in [2.05, 4.69) is 20.6 Å². The van der Waals surface area contributed by atoms with Gasteiger partial charge in [-0.1, -0.05) is 11.6 Å². The molecular weight excluding hydrogens is 300 g/mol. The van der Waals surface area contributed by atoms with E-state index in [0.717, 1.165) is 29.5 Å². The van der Waals surface area contributed by atoms with Crippen molar-refractivity contribution in [2.24, 2.45) is 0 Å². The smallest absolute Gasteiger partial charge is 0.224 e. The van der Waals surface area contributed by atoms with Gasteiger partial charge in [-0.2, -0.15) is 4.98 Å². The van der Waals surface area contributed by atoms with Crippen LogP contribution >= 0.6 is 11.6 Å². The van der Waals surface area contributed by atoms with E-state index in [1.165, 1.54) is 12.8 Å². The molecule has 0 unspecified atom stereocenters. The van der Waals surface area contributed by atoms with Crippen LogP contribution < -0.4 is 15.4 Å². The number of aromatic nitrogens is 2. The zero-order valence-corrected chi connectivity index (χ0v) is 13.4. The molecule has 1 saturated carbocycles. The van der Waals surface area contributed by atoms with E-state index in [4.69, 9.17) is 16.3 Å². The van der Waals surface area contributed by atoms with E-state index in [1.54, 1.807) is 13.2 Å². The van der Waals surface area contributed by atoms with Crippen LogP contribution in [-0.4, -0.2) is 23.6 Å². The van der Waals surface area contributed by atoms with E-state index in [0.29, 0.717) is 16.9 Å². The summed E-state index contributed by atoms with van der Waals surface area (Å²) in [6.45, 7) is 2.81. The number of rotatable bonds is 6. The van der Waals surface area contributed by atoms with Gasteiger partial charge in [0.2, 0.25) is 5.95 Å². The second-order valence-electron chi connectivity index (χ2n) is 5.28. The van der Waals surface area contributed by atoms with Crippen molar-refractivity contribution in [3.63, 3.8) is 0 Å². The van der Waals surface area contributed by atoms with Crippen molar-refractivity contribution in [1.29, 1.82) is 0 Å². The first-order valence-corrected chi connectivity index (χ1v) is 7.80. The summed E-state index contributed by atoms with van der Waals surface area (Å²) in [5, 5.41) is 7.11. The van der Waals surface area contributed by atoms with E-state index >= 15 is 0 Å². The molecule has 1 aliphatic carbocycles. The Balaban J connectivity index is 1.92. The van der Waals surface area contributed by atoms with Gasteiger partial charge in [0.15, 0.2) is 0 Å². The lowest BCUT2D eigenvalue weighted by Gasteiger charge is -2.13. The van der Waals surface area contributed by atoms with Crippen molar-refractivity contribution >= 4 is 29.1 Å². The summed E-state index contributed by atoms with van der Waals surface area (Å²) in [5.74, 6) is 2.67. The third-order valence-electron chi connectivity index (χ3n) is 3.50. The van der Waals surface area contributed by atoms with Gasteiger partial charge in [-0.15, -0.1) is 0 Å². The van der Waals surface area contributed by atoms with Crippen molar-refractivity contribution in [2.45, 2.75) is 25.7 Å². The summed E-state index contributed by atoms with van der Waals surface area (Å²) < 4.78 is 5.36. The van der Waals surface area contributed by atoms with Gasteiger partial charge >= 0.3 is 0 Å². The van der Waals surface area contributed by atoms with Crippen molar-refractivity contribution in [1.82, 2.24) is 9.97 Å². The number of anilines is 3. The van der Waals surface area contributed by atoms with E-state index in [9.17, 15) is 0 Å². The SMILES string of the molecule is CCNc1nc(Nc2cc(Cl)ccc2OC)cc(C2CC2)n1. The van der Waals surface area contributed by atoms with Gasteiger partial charge in [-0.05, 0) is 38.0 Å². The van der Waals surface area contributed by atoms with E-state index in [-0.39, 0.29) is 0 Å². The van der Waals surface area contributed by atoms with Gasteiger partial charge in [-0.25, -0.2) is 4.98 Å². The number of nitrogens with one attached hydrogen (secondary N) is 2. The van der Waals surface area contributed by atoms with Crippen LogP contribution in [-0.2, 0) is 0 Å². The Morgan fingerprint density at radius 3 is 2.77 bits per heavy atom. The van der Waals surface area contributed by atoms with Crippen LogP contribution in [0.15, 0.2) is 24.3 Å². The lowest BCUT2D eigenvalue weighted by Crippen LogP contribution is -2.06. The quantitative estimate of drug-likeness (QED) is 0.836. The molecule has 0 saturated heterocycles. The molecule has 116 valence electrons. The molecule has 22 heavy (non-hydrogen) atoms. The zero-order valence-electron chi connectivity index (χ0n) is 12.7. The summed E-state index contributed by atoms with van der Waals surface area (Å²) in [7, 11) is 1.63. The van der Waals surface area contributed by atoms with Gasteiger partial charge in [0.05, 0.1) is 18.5 Å². The first-order chi connectivity index (χ1) is 10.7. The molecule has 0 bridgehead atoms. The van der Waals surface area contributed by atoms with Crippen molar-refractivity contribution < 1.29 is 4.74 Å². The standard InChI is InChI=1S/C16H19ClN4O/c1-3-18-16-20-12(10-4-5-10)9-15(21-16)19-13-8-11(17)6-7-14(13)22-2/h6-10H,3-5H2,1-2H3,(H2,18,19,20,21). The Morgan fingerprint density at radius 2 is 2.09 bits per heavy atom. The van der Waals surface area contributed by atoms with E-state index < -0.39 is 0 Å². The summed E-state index contributed by atoms with van der Waals surface area (Å²) >= 11 is 6.07. The number of nitrogens with zero attached hydrogens (tertiary/aromatic N) is 2. The molecule has 1 aromatic heterocycles. The van der Waals surface area contributed by atoms with Crippen molar-refractivity contribution in [3.05, 3.63) is 35.0 Å². The largest absolute Gasteiger partial charge is 0.495 e. The first kappa shape index (κ1) is 14.9. The molecule has 0 aliphatic heterocycles. The molecule has 0 radical (unpaired) electrons. The highest BCUT2D eigenvalue weighted by atomic mass is 35.5. The first-order valence-electron chi connectivity index (χ1n) is 7.43. The summed E-state index contributed by atoms with van der Waals surface area (Å²) in [6, 6.07) is 7.45. The third kappa shape index (κ3) is 3.42. The molecule has 1 aliphatic rings. The van der Waals surface area contributed by atoms with Gasteiger partial charge in [-0.3, -0.25) is 0 Å². The Bertz CT molecular complexity index is 673. The molecule has 5 nitrogen and oxygen atoms in total. The van der Waals surface area contributed by atoms with Crippen molar-refractivity contribution in [3.8, 4) is 5.75 Å². The normalized spacial score (nSPS) is 13.8. The van der Waals surface area contributed by atoms with Gasteiger partial charge in [0, 0.05) is 23.6 Å². The second-order valence-corrected chi connectivity index (χ2v) is 5.71. The van der Waals surface area contributed by atoms with Crippen LogP contribution in [0.1, 0.15) is 31.4 Å². The molecule has 2 N–H and O–H groups in total. The molecular formula is C16H19ClN4O. The van der Waals surface area contributed by atoms with Gasteiger partial charge in [0.1, 0.15) is 11.6 Å². The minimum Gasteiger partial charge on any atom is -0.495 e. The van der Waals surface area contributed by atoms with E-state index in [1.807, 2.05) is 25.1 Å². The zero-order chi connectivity index (χ0) is 15.5. The van der Waals surface area contributed by atoms with Crippen molar-refractivity contribution in [2.75, 3.05) is 24.3 Å². The summed E-state index contributed by atoms with van der Waals surface area (Å²) in [4.78, 5) is 9.07. The number of methoxy groups -OCH3 is 1.